The number of pyridine rings is 1. The Hall–Kier alpha value is -2.57. The van der Waals surface area contributed by atoms with Crippen molar-refractivity contribution in [3.8, 4) is 5.69 Å². The van der Waals surface area contributed by atoms with E-state index in [-0.39, 0.29) is 11.6 Å². The van der Waals surface area contributed by atoms with Crippen LogP contribution < -0.4 is 5.56 Å². The Kier molecular flexibility index (Phi) is 3.74. The van der Waals surface area contributed by atoms with E-state index in [0.29, 0.717) is 11.3 Å². The molecule has 24 heavy (non-hydrogen) atoms. The molecule has 4 nitrogen and oxygen atoms in total. The van der Waals surface area contributed by atoms with Gasteiger partial charge < -0.3 is 5.11 Å². The first-order valence-electron chi connectivity index (χ1n) is 7.37. The Bertz CT molecular complexity index is 880. The SMILES string of the molecule is Cc1c(C2CC2)cc(C(=O)O)c(=O)n1-c1cccc(C(F)(F)F)c1. The summed E-state index contributed by atoms with van der Waals surface area (Å²) in [7, 11) is 0. The van der Waals surface area contributed by atoms with Gasteiger partial charge in [-0.15, -0.1) is 0 Å². The second-order valence-corrected chi connectivity index (χ2v) is 5.87. The number of halogens is 3. The summed E-state index contributed by atoms with van der Waals surface area (Å²) in [5.74, 6) is -1.23. The lowest BCUT2D eigenvalue weighted by Crippen LogP contribution is -2.28. The standard InChI is InChI=1S/C17H14F3NO3/c1-9-13(10-5-6-10)8-14(16(23)24)15(22)21(9)12-4-2-3-11(7-12)17(18,19)20/h2-4,7-8,10H,5-6H2,1H3,(H,23,24). The van der Waals surface area contributed by atoms with Gasteiger partial charge in [-0.1, -0.05) is 6.07 Å². The summed E-state index contributed by atoms with van der Waals surface area (Å²) in [6.07, 6.45) is -2.79. The number of benzene rings is 1. The molecule has 0 bridgehead atoms. The molecule has 0 radical (unpaired) electrons. The summed E-state index contributed by atoms with van der Waals surface area (Å²) in [5, 5.41) is 9.25. The fraction of sp³-hybridized carbons (Fsp3) is 0.294. The zero-order valence-corrected chi connectivity index (χ0v) is 12.7. The Labute approximate surface area is 135 Å². The molecule has 7 heteroatoms. The fourth-order valence-electron chi connectivity index (χ4n) is 2.82. The van der Waals surface area contributed by atoms with E-state index in [9.17, 15) is 27.9 Å². The van der Waals surface area contributed by atoms with Gasteiger partial charge in [-0.25, -0.2) is 4.79 Å². The van der Waals surface area contributed by atoms with Crippen LogP contribution in [-0.4, -0.2) is 15.6 Å². The molecule has 1 aliphatic rings. The van der Waals surface area contributed by atoms with Gasteiger partial charge >= 0.3 is 12.1 Å². The molecule has 126 valence electrons. The average molecular weight is 337 g/mol. The topological polar surface area (TPSA) is 59.3 Å². The third-order valence-electron chi connectivity index (χ3n) is 4.17. The van der Waals surface area contributed by atoms with E-state index in [0.717, 1.165) is 29.5 Å². The highest BCUT2D eigenvalue weighted by atomic mass is 19.4. The quantitative estimate of drug-likeness (QED) is 0.928. The summed E-state index contributed by atoms with van der Waals surface area (Å²) in [5.41, 5.74) is -0.961. The van der Waals surface area contributed by atoms with E-state index in [1.807, 2.05) is 0 Å². The number of carboxylic acid groups (broad SMARTS) is 1. The maximum atomic E-state index is 12.9. The lowest BCUT2D eigenvalue weighted by atomic mass is 10.0. The van der Waals surface area contributed by atoms with Crippen molar-refractivity contribution >= 4 is 5.97 Å². The molecule has 0 saturated heterocycles. The minimum atomic E-state index is -4.54. The maximum Gasteiger partial charge on any atom is 0.416 e. The van der Waals surface area contributed by atoms with Crippen LogP contribution in [0.1, 0.15) is 45.9 Å². The molecule has 1 heterocycles. The van der Waals surface area contributed by atoms with E-state index in [1.54, 1.807) is 6.92 Å². The molecule has 1 saturated carbocycles. The number of carbonyl (C=O) groups is 1. The molecule has 1 aromatic heterocycles. The van der Waals surface area contributed by atoms with Crippen LogP contribution in [0.4, 0.5) is 13.2 Å². The van der Waals surface area contributed by atoms with Crippen molar-refractivity contribution in [1.29, 1.82) is 0 Å². The van der Waals surface area contributed by atoms with Gasteiger partial charge in [-0.05, 0) is 55.5 Å². The molecule has 3 rings (SSSR count). The number of aromatic carboxylic acids is 1. The van der Waals surface area contributed by atoms with Crippen LogP contribution in [0.5, 0.6) is 0 Å². The van der Waals surface area contributed by atoms with Crippen LogP contribution in [0, 0.1) is 6.92 Å². The van der Waals surface area contributed by atoms with Gasteiger partial charge in [0.15, 0.2) is 0 Å². The minimum absolute atomic E-state index is 0.0114. The highest BCUT2D eigenvalue weighted by molar-refractivity contribution is 5.87. The van der Waals surface area contributed by atoms with Gasteiger partial charge in [0.25, 0.3) is 5.56 Å². The van der Waals surface area contributed by atoms with Gasteiger partial charge in [0.2, 0.25) is 0 Å². The van der Waals surface area contributed by atoms with Crippen molar-refractivity contribution in [1.82, 2.24) is 4.57 Å². The van der Waals surface area contributed by atoms with E-state index >= 15 is 0 Å². The van der Waals surface area contributed by atoms with Gasteiger partial charge in [-0.3, -0.25) is 9.36 Å². The highest BCUT2D eigenvalue weighted by Gasteiger charge is 2.32. The normalized spacial score (nSPS) is 14.7. The Balaban J connectivity index is 2.28. The first kappa shape index (κ1) is 16.3. The van der Waals surface area contributed by atoms with Gasteiger partial charge in [0.1, 0.15) is 5.56 Å². The van der Waals surface area contributed by atoms with Crippen molar-refractivity contribution < 1.29 is 23.1 Å². The molecule has 1 N–H and O–H groups in total. The van der Waals surface area contributed by atoms with Gasteiger partial charge in [-0.2, -0.15) is 13.2 Å². The van der Waals surface area contributed by atoms with Crippen LogP contribution >= 0.6 is 0 Å². The molecule has 0 atom stereocenters. The summed E-state index contributed by atoms with van der Waals surface area (Å²) in [6.45, 7) is 1.63. The summed E-state index contributed by atoms with van der Waals surface area (Å²) in [4.78, 5) is 23.8. The molecule has 2 aromatic rings. The number of hydrogen-bond acceptors (Lipinski definition) is 2. The molecular formula is C17H14F3NO3. The predicted molar refractivity (Wildman–Crippen MR) is 80.7 cm³/mol. The third-order valence-corrected chi connectivity index (χ3v) is 4.17. The Morgan fingerprint density at radius 1 is 1.25 bits per heavy atom. The van der Waals surface area contributed by atoms with E-state index in [4.69, 9.17) is 0 Å². The van der Waals surface area contributed by atoms with Crippen molar-refractivity contribution in [2.24, 2.45) is 0 Å². The number of aromatic nitrogens is 1. The first-order chi connectivity index (χ1) is 11.2. The van der Waals surface area contributed by atoms with Gasteiger partial charge in [0, 0.05) is 11.4 Å². The predicted octanol–water partition coefficient (Wildman–Crippen LogP) is 3.74. The minimum Gasteiger partial charge on any atom is -0.477 e. The molecular weight excluding hydrogens is 323 g/mol. The first-order valence-corrected chi connectivity index (χ1v) is 7.37. The van der Waals surface area contributed by atoms with Crippen molar-refractivity contribution in [2.45, 2.75) is 31.9 Å². The zero-order chi connectivity index (χ0) is 17.6. The number of carboxylic acids is 1. The summed E-state index contributed by atoms with van der Waals surface area (Å²) < 4.78 is 39.8. The monoisotopic (exact) mass is 337 g/mol. The molecule has 1 aromatic carbocycles. The summed E-state index contributed by atoms with van der Waals surface area (Å²) >= 11 is 0. The number of alkyl halides is 3. The molecule has 0 aliphatic heterocycles. The molecule has 0 spiro atoms. The zero-order valence-electron chi connectivity index (χ0n) is 12.7. The number of nitrogens with zero attached hydrogens (tertiary/aromatic N) is 1. The second-order valence-electron chi connectivity index (χ2n) is 5.87. The van der Waals surface area contributed by atoms with Crippen LogP contribution in [0.15, 0.2) is 35.1 Å². The smallest absolute Gasteiger partial charge is 0.416 e. The van der Waals surface area contributed by atoms with Crippen molar-refractivity contribution in [2.75, 3.05) is 0 Å². The van der Waals surface area contributed by atoms with Crippen LogP contribution in [0.3, 0.4) is 0 Å². The molecule has 0 amide bonds. The van der Waals surface area contributed by atoms with Gasteiger partial charge in [0.05, 0.1) is 5.56 Å². The number of rotatable bonds is 3. The van der Waals surface area contributed by atoms with Crippen LogP contribution in [0.25, 0.3) is 5.69 Å². The van der Waals surface area contributed by atoms with E-state index in [2.05, 4.69) is 0 Å². The lowest BCUT2D eigenvalue weighted by molar-refractivity contribution is -0.137. The highest BCUT2D eigenvalue weighted by Crippen LogP contribution is 2.42. The largest absolute Gasteiger partial charge is 0.477 e. The van der Waals surface area contributed by atoms with Crippen LogP contribution in [-0.2, 0) is 6.18 Å². The van der Waals surface area contributed by atoms with Crippen molar-refractivity contribution in [3.63, 3.8) is 0 Å². The van der Waals surface area contributed by atoms with Crippen molar-refractivity contribution in [3.05, 3.63) is 63.1 Å². The molecule has 1 fully saturated rings. The summed E-state index contributed by atoms with van der Waals surface area (Å²) in [6, 6.07) is 5.69. The maximum absolute atomic E-state index is 12.9. The fourth-order valence-corrected chi connectivity index (χ4v) is 2.82. The second kappa shape index (κ2) is 5.51. The molecule has 1 aliphatic carbocycles. The Morgan fingerprint density at radius 2 is 1.92 bits per heavy atom. The van der Waals surface area contributed by atoms with Crippen LogP contribution in [0.2, 0.25) is 0 Å². The van der Waals surface area contributed by atoms with E-state index < -0.39 is 28.8 Å². The van der Waals surface area contributed by atoms with E-state index in [1.165, 1.54) is 18.2 Å². The number of hydrogen-bond donors (Lipinski definition) is 1. The molecule has 0 unspecified atom stereocenters. The Morgan fingerprint density at radius 3 is 2.46 bits per heavy atom. The third kappa shape index (κ3) is 2.81. The average Bonchev–Trinajstić information content (AvgIpc) is 3.31. The lowest BCUT2D eigenvalue weighted by Gasteiger charge is -2.16.